The highest BCUT2D eigenvalue weighted by molar-refractivity contribution is 7.98. The van der Waals surface area contributed by atoms with E-state index in [1.807, 2.05) is 11.8 Å². The molecule has 3 rings (SSSR count). The highest BCUT2D eigenvalue weighted by Crippen LogP contribution is 2.33. The topological polar surface area (TPSA) is 61.8 Å². The van der Waals surface area contributed by atoms with Crippen molar-refractivity contribution in [3.63, 3.8) is 0 Å². The van der Waals surface area contributed by atoms with Gasteiger partial charge >= 0.3 is 0 Å². The van der Waals surface area contributed by atoms with Crippen molar-refractivity contribution in [2.75, 3.05) is 5.75 Å². The van der Waals surface area contributed by atoms with Crippen molar-refractivity contribution in [3.05, 3.63) is 17.6 Å². The maximum Gasteiger partial charge on any atom is 0.223 e. The fraction of sp³-hybridized carbons (Fsp3) is 0.333. The van der Waals surface area contributed by atoms with Crippen LogP contribution < -0.4 is 0 Å². The van der Waals surface area contributed by atoms with Gasteiger partial charge in [-0.3, -0.25) is 0 Å². The number of aromatic nitrogens is 3. The Balaban J connectivity index is 2.38. The number of rotatable bonds is 0. The van der Waals surface area contributed by atoms with Crippen LogP contribution in [0.25, 0.3) is 11.0 Å². The lowest BCUT2D eigenvalue weighted by Gasteiger charge is -2.09. The lowest BCUT2D eigenvalue weighted by Crippen LogP contribution is -1.99. The molecular formula is C9H9N3OS. The summed E-state index contributed by atoms with van der Waals surface area (Å²) in [7, 11) is 0. The molecular weight excluding hydrogens is 198 g/mol. The second-order valence-electron chi connectivity index (χ2n) is 3.31. The van der Waals surface area contributed by atoms with Gasteiger partial charge in [0.15, 0.2) is 0 Å². The minimum Gasteiger partial charge on any atom is -0.493 e. The molecule has 0 aromatic carbocycles. The second kappa shape index (κ2) is 2.88. The van der Waals surface area contributed by atoms with Crippen molar-refractivity contribution in [1.82, 2.24) is 15.0 Å². The number of nitrogens with one attached hydrogen (secondary N) is 1. The number of fused-ring (bicyclic) bond motifs is 3. The average molecular weight is 207 g/mol. The normalized spacial score (nSPS) is 15.7. The molecule has 4 nitrogen and oxygen atoms in total. The van der Waals surface area contributed by atoms with Crippen LogP contribution in [0, 0.1) is 0 Å². The molecule has 0 saturated heterocycles. The molecule has 0 aliphatic carbocycles. The maximum atomic E-state index is 9.64. The van der Waals surface area contributed by atoms with Crippen LogP contribution in [0.15, 0.2) is 6.33 Å². The summed E-state index contributed by atoms with van der Waals surface area (Å²) in [6.45, 7) is 0. The van der Waals surface area contributed by atoms with E-state index in [1.54, 1.807) is 0 Å². The van der Waals surface area contributed by atoms with Crippen LogP contribution in [-0.2, 0) is 12.2 Å². The number of aryl methyl sites for hydroxylation is 1. The van der Waals surface area contributed by atoms with Crippen molar-refractivity contribution in [2.45, 2.75) is 12.2 Å². The van der Waals surface area contributed by atoms with Crippen LogP contribution in [0.3, 0.4) is 0 Å². The van der Waals surface area contributed by atoms with E-state index in [-0.39, 0.29) is 5.88 Å². The van der Waals surface area contributed by atoms with Crippen LogP contribution in [-0.4, -0.2) is 25.8 Å². The summed E-state index contributed by atoms with van der Waals surface area (Å²) in [5.41, 5.74) is 3.13. The molecule has 0 saturated carbocycles. The minimum absolute atomic E-state index is 0.0926. The third-order valence-electron chi connectivity index (χ3n) is 2.51. The van der Waals surface area contributed by atoms with E-state index in [0.29, 0.717) is 0 Å². The van der Waals surface area contributed by atoms with E-state index in [4.69, 9.17) is 0 Å². The van der Waals surface area contributed by atoms with Crippen molar-refractivity contribution in [1.29, 1.82) is 0 Å². The molecule has 0 atom stereocenters. The zero-order valence-corrected chi connectivity index (χ0v) is 8.27. The van der Waals surface area contributed by atoms with Crippen molar-refractivity contribution < 1.29 is 5.11 Å². The molecule has 3 heterocycles. The van der Waals surface area contributed by atoms with Crippen LogP contribution in [0.5, 0.6) is 5.88 Å². The smallest absolute Gasteiger partial charge is 0.223 e. The monoisotopic (exact) mass is 207 g/mol. The van der Waals surface area contributed by atoms with Gasteiger partial charge in [0.25, 0.3) is 0 Å². The van der Waals surface area contributed by atoms with E-state index in [1.165, 1.54) is 17.6 Å². The first-order chi connectivity index (χ1) is 6.86. The Morgan fingerprint density at radius 3 is 3.29 bits per heavy atom. The van der Waals surface area contributed by atoms with Gasteiger partial charge < -0.3 is 10.1 Å². The molecule has 0 unspecified atom stereocenters. The molecule has 0 bridgehead atoms. The zero-order chi connectivity index (χ0) is 9.54. The molecule has 0 amide bonds. The zero-order valence-electron chi connectivity index (χ0n) is 7.45. The van der Waals surface area contributed by atoms with Gasteiger partial charge in [-0.15, -0.1) is 0 Å². The summed E-state index contributed by atoms with van der Waals surface area (Å²) in [6, 6.07) is 0. The summed E-state index contributed by atoms with van der Waals surface area (Å²) in [5.74, 6) is 2.17. The van der Waals surface area contributed by atoms with Gasteiger partial charge in [0.1, 0.15) is 12.0 Å². The third kappa shape index (κ3) is 1.02. The fourth-order valence-corrected chi connectivity index (χ4v) is 2.85. The van der Waals surface area contributed by atoms with Crippen LogP contribution >= 0.6 is 11.8 Å². The Morgan fingerprint density at radius 2 is 2.36 bits per heavy atom. The van der Waals surface area contributed by atoms with E-state index >= 15 is 0 Å². The Kier molecular flexibility index (Phi) is 1.67. The lowest BCUT2D eigenvalue weighted by molar-refractivity contribution is 0.459. The van der Waals surface area contributed by atoms with Crippen LogP contribution in [0.2, 0.25) is 0 Å². The molecule has 0 radical (unpaired) electrons. The summed E-state index contributed by atoms with van der Waals surface area (Å²) in [6.07, 6.45) is 2.41. The second-order valence-corrected chi connectivity index (χ2v) is 4.41. The Bertz CT molecular complexity index is 494. The highest BCUT2D eigenvalue weighted by atomic mass is 32.2. The first kappa shape index (κ1) is 8.11. The number of hydrogen-bond donors (Lipinski definition) is 2. The van der Waals surface area contributed by atoms with Crippen LogP contribution in [0.4, 0.5) is 0 Å². The Labute approximate surface area is 84.8 Å². The van der Waals surface area contributed by atoms with Crippen LogP contribution in [0.1, 0.15) is 11.3 Å². The molecule has 5 heteroatoms. The largest absolute Gasteiger partial charge is 0.493 e. The van der Waals surface area contributed by atoms with Crippen molar-refractivity contribution in [2.24, 2.45) is 0 Å². The highest BCUT2D eigenvalue weighted by Gasteiger charge is 2.18. The number of H-pyrrole nitrogens is 1. The van der Waals surface area contributed by atoms with E-state index in [2.05, 4.69) is 15.0 Å². The molecule has 0 fully saturated rings. The molecule has 2 aromatic rings. The van der Waals surface area contributed by atoms with E-state index in [9.17, 15) is 5.11 Å². The number of nitrogens with zero attached hydrogens (tertiary/aromatic N) is 2. The van der Waals surface area contributed by atoms with Crippen molar-refractivity contribution in [3.8, 4) is 5.88 Å². The van der Waals surface area contributed by atoms with Gasteiger partial charge in [0, 0.05) is 11.4 Å². The number of aromatic hydroxyl groups is 1. The summed E-state index contributed by atoms with van der Waals surface area (Å²) in [5, 5.41) is 10.4. The average Bonchev–Trinajstić information content (AvgIpc) is 2.57. The van der Waals surface area contributed by atoms with Crippen molar-refractivity contribution >= 4 is 22.8 Å². The Hall–Kier alpha value is -1.23. The van der Waals surface area contributed by atoms with Gasteiger partial charge in [0.2, 0.25) is 5.88 Å². The quantitative estimate of drug-likeness (QED) is 0.686. The predicted molar refractivity (Wildman–Crippen MR) is 55.4 cm³/mol. The molecule has 14 heavy (non-hydrogen) atoms. The molecule has 1 aliphatic heterocycles. The standard InChI is InChI=1S/C9H9N3OS/c13-9-7-5-3-14-2-1-6(5)12-8(7)10-4-11-9/h4H,1-3H2,(H2,10,11,12,13). The number of aromatic amines is 1. The molecule has 2 N–H and O–H groups in total. The molecule has 2 aromatic heterocycles. The summed E-state index contributed by atoms with van der Waals surface area (Å²) < 4.78 is 0. The molecule has 72 valence electrons. The first-order valence-electron chi connectivity index (χ1n) is 4.47. The Morgan fingerprint density at radius 1 is 1.43 bits per heavy atom. The predicted octanol–water partition coefficient (Wildman–Crippen LogP) is 1.45. The van der Waals surface area contributed by atoms with Gasteiger partial charge in [-0.05, 0) is 17.7 Å². The SMILES string of the molecule is Oc1ncnc2[nH]c3c(c12)CSCC3. The fourth-order valence-electron chi connectivity index (χ4n) is 1.84. The van der Waals surface area contributed by atoms with Gasteiger partial charge in [-0.1, -0.05) is 0 Å². The van der Waals surface area contributed by atoms with Gasteiger partial charge in [-0.25, -0.2) is 9.97 Å². The van der Waals surface area contributed by atoms with Gasteiger partial charge in [0.05, 0.1) is 5.39 Å². The van der Waals surface area contributed by atoms with E-state index in [0.717, 1.165) is 29.0 Å². The summed E-state index contributed by atoms with van der Waals surface area (Å²) in [4.78, 5) is 11.1. The number of hydrogen-bond acceptors (Lipinski definition) is 4. The third-order valence-corrected chi connectivity index (χ3v) is 3.49. The molecule has 1 aliphatic rings. The first-order valence-corrected chi connectivity index (χ1v) is 5.63. The van der Waals surface area contributed by atoms with Gasteiger partial charge in [-0.2, -0.15) is 11.8 Å². The lowest BCUT2D eigenvalue weighted by atomic mass is 10.1. The summed E-state index contributed by atoms with van der Waals surface area (Å²) >= 11 is 1.88. The minimum atomic E-state index is 0.0926. The molecule has 0 spiro atoms. The maximum absolute atomic E-state index is 9.64. The number of thioether (sulfide) groups is 1. The van der Waals surface area contributed by atoms with E-state index < -0.39 is 0 Å².